The lowest BCUT2D eigenvalue weighted by atomic mass is 10.1. The van der Waals surface area contributed by atoms with Gasteiger partial charge in [-0.3, -0.25) is 4.79 Å². The minimum absolute atomic E-state index is 0. The second-order valence-electron chi connectivity index (χ2n) is 5.68. The maximum absolute atomic E-state index is 12.6. The Bertz CT molecular complexity index is 691. The molecule has 0 bridgehead atoms. The molecule has 0 radical (unpaired) electrons. The average molecular weight is 406 g/mol. The normalized spacial score (nSPS) is 15.2. The highest BCUT2D eigenvalue weighted by molar-refractivity contribution is 7.17. The van der Waals surface area contributed by atoms with Gasteiger partial charge in [-0.15, -0.1) is 23.7 Å². The van der Waals surface area contributed by atoms with Crippen LogP contribution in [0.4, 0.5) is 0 Å². The van der Waals surface area contributed by atoms with Gasteiger partial charge >= 0.3 is 0 Å². The van der Waals surface area contributed by atoms with Crippen molar-refractivity contribution in [1.82, 2.24) is 10.2 Å². The smallest absolute Gasteiger partial charge is 0.263 e. The number of thiophene rings is 1. The third-order valence-electron chi connectivity index (χ3n) is 4.15. The molecule has 7 heteroatoms. The minimum Gasteiger partial charge on any atom is -0.338 e. The number of hydrogen-bond donors (Lipinski definition) is 1. The molecule has 1 aromatic carbocycles. The Morgan fingerprint density at radius 2 is 1.79 bits per heavy atom. The first-order valence-corrected chi connectivity index (χ1v) is 9.17. The highest BCUT2D eigenvalue weighted by atomic mass is 35.5. The van der Waals surface area contributed by atoms with Gasteiger partial charge in [0, 0.05) is 34.1 Å². The van der Waals surface area contributed by atoms with E-state index < -0.39 is 0 Å². The first-order chi connectivity index (χ1) is 11.1. The molecule has 3 nitrogen and oxygen atoms in total. The number of carbonyl (C=O) groups is 1. The van der Waals surface area contributed by atoms with Gasteiger partial charge in [0.05, 0.1) is 4.88 Å². The van der Waals surface area contributed by atoms with E-state index in [0.29, 0.717) is 16.1 Å². The lowest BCUT2D eigenvalue weighted by molar-refractivity contribution is 0.0712. The molecule has 0 spiro atoms. The Kier molecular flexibility index (Phi) is 6.96. The average Bonchev–Trinajstić information content (AvgIpc) is 3.03. The van der Waals surface area contributed by atoms with E-state index in [4.69, 9.17) is 23.2 Å². The second-order valence-corrected chi connectivity index (χ2v) is 7.63. The zero-order valence-electron chi connectivity index (χ0n) is 13.2. The van der Waals surface area contributed by atoms with Crippen molar-refractivity contribution in [2.75, 3.05) is 20.1 Å². The molecule has 1 N–H and O–H groups in total. The summed E-state index contributed by atoms with van der Waals surface area (Å²) >= 11 is 13.6. The van der Waals surface area contributed by atoms with Crippen LogP contribution in [-0.4, -0.2) is 37.0 Å². The number of likely N-dealkylation sites (tertiary alicyclic amines) is 1. The summed E-state index contributed by atoms with van der Waals surface area (Å²) in [5.74, 6) is 0.115. The highest BCUT2D eigenvalue weighted by Gasteiger charge is 2.23. The van der Waals surface area contributed by atoms with Gasteiger partial charge < -0.3 is 10.2 Å². The van der Waals surface area contributed by atoms with Crippen LogP contribution in [0.15, 0.2) is 30.3 Å². The predicted octanol–water partition coefficient (Wildman–Crippen LogP) is 4.97. The van der Waals surface area contributed by atoms with Crippen molar-refractivity contribution in [3.05, 3.63) is 45.3 Å². The van der Waals surface area contributed by atoms with Crippen LogP contribution < -0.4 is 5.32 Å². The van der Waals surface area contributed by atoms with E-state index >= 15 is 0 Å². The maximum atomic E-state index is 12.6. The standard InChI is InChI=1S/C17H18Cl2N2OS.ClH/c1-20-14-4-6-21(7-5-14)17(22)16-3-2-15(23-16)11-8-12(18)10-13(19)9-11;/h2-3,8-10,14,20H,4-7H2,1H3;1H. The van der Waals surface area contributed by atoms with Crippen molar-refractivity contribution >= 4 is 52.9 Å². The number of nitrogens with zero attached hydrogens (tertiary/aromatic N) is 1. The van der Waals surface area contributed by atoms with Crippen LogP contribution in [-0.2, 0) is 0 Å². The summed E-state index contributed by atoms with van der Waals surface area (Å²) in [6, 6.07) is 9.81. The Balaban J connectivity index is 0.00000208. The number of rotatable bonds is 3. The van der Waals surface area contributed by atoms with Gasteiger partial charge in [-0.05, 0) is 55.8 Å². The quantitative estimate of drug-likeness (QED) is 0.782. The fourth-order valence-electron chi connectivity index (χ4n) is 2.83. The Morgan fingerprint density at radius 1 is 1.17 bits per heavy atom. The summed E-state index contributed by atoms with van der Waals surface area (Å²) in [4.78, 5) is 16.3. The molecule has 0 aliphatic carbocycles. The third-order valence-corrected chi connectivity index (χ3v) is 5.71. The molecule has 1 aromatic heterocycles. The summed E-state index contributed by atoms with van der Waals surface area (Å²) in [6.07, 6.45) is 2.01. The van der Waals surface area contributed by atoms with E-state index in [9.17, 15) is 4.79 Å². The zero-order valence-corrected chi connectivity index (χ0v) is 16.4. The molecule has 2 heterocycles. The van der Waals surface area contributed by atoms with Gasteiger partial charge in [0.1, 0.15) is 0 Å². The number of carbonyl (C=O) groups excluding carboxylic acids is 1. The van der Waals surface area contributed by atoms with E-state index in [1.54, 1.807) is 6.07 Å². The number of amides is 1. The van der Waals surface area contributed by atoms with Crippen LogP contribution in [0.1, 0.15) is 22.5 Å². The molecule has 1 aliphatic rings. The van der Waals surface area contributed by atoms with Crippen LogP contribution in [0.5, 0.6) is 0 Å². The molecule has 3 rings (SSSR count). The van der Waals surface area contributed by atoms with Crippen LogP contribution >= 0.6 is 46.9 Å². The predicted molar refractivity (Wildman–Crippen MR) is 105 cm³/mol. The molecule has 1 aliphatic heterocycles. The largest absolute Gasteiger partial charge is 0.338 e. The van der Waals surface area contributed by atoms with E-state index in [0.717, 1.165) is 41.2 Å². The number of nitrogens with one attached hydrogen (secondary N) is 1. The monoisotopic (exact) mass is 404 g/mol. The molecule has 130 valence electrons. The summed E-state index contributed by atoms with van der Waals surface area (Å²) in [5.41, 5.74) is 0.945. The fraction of sp³-hybridized carbons (Fsp3) is 0.353. The SMILES string of the molecule is CNC1CCN(C(=O)c2ccc(-c3cc(Cl)cc(Cl)c3)s2)CC1.Cl. The lowest BCUT2D eigenvalue weighted by Gasteiger charge is -2.31. The van der Waals surface area contributed by atoms with Gasteiger partial charge in [-0.2, -0.15) is 0 Å². The van der Waals surface area contributed by atoms with E-state index in [-0.39, 0.29) is 18.3 Å². The number of halogens is 3. The van der Waals surface area contributed by atoms with Crippen molar-refractivity contribution in [1.29, 1.82) is 0 Å². The maximum Gasteiger partial charge on any atom is 0.263 e. The van der Waals surface area contributed by atoms with E-state index in [1.807, 2.05) is 36.2 Å². The molecular weight excluding hydrogens is 387 g/mol. The summed E-state index contributed by atoms with van der Waals surface area (Å²) in [5, 5.41) is 4.48. The van der Waals surface area contributed by atoms with Gasteiger partial charge in [-0.25, -0.2) is 0 Å². The summed E-state index contributed by atoms with van der Waals surface area (Å²) < 4.78 is 0. The topological polar surface area (TPSA) is 32.3 Å². The van der Waals surface area contributed by atoms with Crippen molar-refractivity contribution in [3.8, 4) is 10.4 Å². The molecule has 2 aromatic rings. The van der Waals surface area contributed by atoms with Crippen molar-refractivity contribution in [2.45, 2.75) is 18.9 Å². The van der Waals surface area contributed by atoms with Crippen LogP contribution in [0.2, 0.25) is 10.0 Å². The fourth-order valence-corrected chi connectivity index (χ4v) is 4.32. The Hall–Kier alpha value is -0.780. The van der Waals surface area contributed by atoms with Gasteiger partial charge in [0.25, 0.3) is 5.91 Å². The number of benzene rings is 1. The minimum atomic E-state index is 0. The lowest BCUT2D eigenvalue weighted by Crippen LogP contribution is -2.43. The van der Waals surface area contributed by atoms with Crippen LogP contribution in [0.3, 0.4) is 0 Å². The molecule has 1 fully saturated rings. The van der Waals surface area contributed by atoms with Crippen LogP contribution in [0.25, 0.3) is 10.4 Å². The first-order valence-electron chi connectivity index (χ1n) is 7.59. The molecule has 24 heavy (non-hydrogen) atoms. The van der Waals surface area contributed by atoms with Crippen LogP contribution in [0, 0.1) is 0 Å². The molecule has 0 saturated carbocycles. The first kappa shape index (κ1) is 19.5. The molecule has 1 amide bonds. The highest BCUT2D eigenvalue weighted by Crippen LogP contribution is 2.33. The van der Waals surface area contributed by atoms with E-state index in [1.165, 1.54) is 11.3 Å². The van der Waals surface area contributed by atoms with Crippen molar-refractivity contribution < 1.29 is 4.79 Å². The summed E-state index contributed by atoms with van der Waals surface area (Å²) in [7, 11) is 1.98. The van der Waals surface area contributed by atoms with Gasteiger partial charge in [0.2, 0.25) is 0 Å². The Labute approximate surface area is 162 Å². The molecular formula is C17H19Cl3N2OS. The molecule has 1 saturated heterocycles. The van der Waals surface area contributed by atoms with Gasteiger partial charge in [-0.1, -0.05) is 23.2 Å². The second kappa shape index (κ2) is 8.54. The Morgan fingerprint density at radius 3 is 2.38 bits per heavy atom. The van der Waals surface area contributed by atoms with Crippen molar-refractivity contribution in [3.63, 3.8) is 0 Å². The molecule has 0 atom stereocenters. The number of hydrogen-bond acceptors (Lipinski definition) is 3. The molecule has 0 unspecified atom stereocenters. The third kappa shape index (κ3) is 4.44. The number of piperidine rings is 1. The van der Waals surface area contributed by atoms with E-state index in [2.05, 4.69) is 5.32 Å². The van der Waals surface area contributed by atoms with Gasteiger partial charge in [0.15, 0.2) is 0 Å². The van der Waals surface area contributed by atoms with Crippen molar-refractivity contribution in [2.24, 2.45) is 0 Å². The summed E-state index contributed by atoms with van der Waals surface area (Å²) in [6.45, 7) is 1.61. The zero-order chi connectivity index (χ0) is 16.4.